The van der Waals surface area contributed by atoms with Crippen LogP contribution in [-0.4, -0.2) is 60.8 Å². The van der Waals surface area contributed by atoms with Gasteiger partial charge in [0.05, 0.1) is 5.69 Å². The molecular formula is C37H42N4O4. The van der Waals surface area contributed by atoms with Gasteiger partial charge in [-0.2, -0.15) is 0 Å². The SMILES string of the molecule is O=C(Nc1ccccc1-c1ccccc1)OC1CCN(CCNC(=O)c2ccc(CNCCCc3ccc(O)cc3)cc2)CC1. The van der Waals surface area contributed by atoms with Crippen LogP contribution in [0.1, 0.15) is 40.7 Å². The summed E-state index contributed by atoms with van der Waals surface area (Å²) in [4.78, 5) is 27.6. The zero-order valence-electron chi connectivity index (χ0n) is 25.6. The largest absolute Gasteiger partial charge is 0.508 e. The van der Waals surface area contributed by atoms with E-state index >= 15 is 0 Å². The number of anilines is 1. The van der Waals surface area contributed by atoms with E-state index in [2.05, 4.69) is 20.9 Å². The van der Waals surface area contributed by atoms with Gasteiger partial charge in [0.25, 0.3) is 5.91 Å². The van der Waals surface area contributed by atoms with Crippen LogP contribution < -0.4 is 16.0 Å². The average molecular weight is 607 g/mol. The van der Waals surface area contributed by atoms with Gasteiger partial charge in [-0.3, -0.25) is 10.1 Å². The minimum atomic E-state index is -0.434. The summed E-state index contributed by atoms with van der Waals surface area (Å²) in [5, 5.41) is 18.8. The van der Waals surface area contributed by atoms with Crippen molar-refractivity contribution in [2.45, 2.75) is 38.3 Å². The van der Waals surface area contributed by atoms with Crippen LogP contribution in [-0.2, 0) is 17.7 Å². The van der Waals surface area contributed by atoms with E-state index in [-0.39, 0.29) is 12.0 Å². The van der Waals surface area contributed by atoms with Gasteiger partial charge in [-0.15, -0.1) is 0 Å². The van der Waals surface area contributed by atoms with E-state index < -0.39 is 6.09 Å². The number of aryl methyl sites for hydroxylation is 1. The monoisotopic (exact) mass is 606 g/mol. The molecule has 1 heterocycles. The van der Waals surface area contributed by atoms with E-state index in [0.717, 1.165) is 80.8 Å². The maximum absolute atomic E-state index is 12.7. The van der Waals surface area contributed by atoms with Gasteiger partial charge in [0.2, 0.25) is 0 Å². The van der Waals surface area contributed by atoms with Gasteiger partial charge in [0.15, 0.2) is 0 Å². The van der Waals surface area contributed by atoms with Crippen LogP contribution >= 0.6 is 0 Å². The van der Waals surface area contributed by atoms with Gasteiger partial charge >= 0.3 is 6.09 Å². The Kier molecular flexibility index (Phi) is 11.6. The molecule has 0 spiro atoms. The van der Waals surface area contributed by atoms with Gasteiger partial charge in [-0.1, -0.05) is 72.8 Å². The summed E-state index contributed by atoms with van der Waals surface area (Å²) < 4.78 is 5.74. The lowest BCUT2D eigenvalue weighted by atomic mass is 10.0. The Morgan fingerprint density at radius 2 is 1.49 bits per heavy atom. The lowest BCUT2D eigenvalue weighted by Gasteiger charge is -2.31. The number of ether oxygens (including phenoxy) is 1. The molecule has 0 radical (unpaired) electrons. The highest BCUT2D eigenvalue weighted by Gasteiger charge is 2.22. The number of carbonyl (C=O) groups excluding carboxylic acids is 2. The van der Waals surface area contributed by atoms with Crippen LogP contribution in [0.4, 0.5) is 10.5 Å². The highest BCUT2D eigenvalue weighted by molar-refractivity contribution is 5.94. The number of para-hydroxylation sites is 1. The van der Waals surface area contributed by atoms with Crippen LogP contribution in [0, 0.1) is 0 Å². The first-order valence-electron chi connectivity index (χ1n) is 15.7. The average Bonchev–Trinajstić information content (AvgIpc) is 3.07. The van der Waals surface area contributed by atoms with Crippen molar-refractivity contribution in [3.63, 3.8) is 0 Å². The molecule has 234 valence electrons. The van der Waals surface area contributed by atoms with Crippen LogP contribution in [0.5, 0.6) is 5.75 Å². The predicted molar refractivity (Wildman–Crippen MR) is 178 cm³/mol. The molecule has 0 atom stereocenters. The van der Waals surface area contributed by atoms with Crippen molar-refractivity contribution in [3.05, 3.63) is 120 Å². The number of aromatic hydroxyl groups is 1. The highest BCUT2D eigenvalue weighted by Crippen LogP contribution is 2.28. The number of benzene rings is 4. The number of likely N-dealkylation sites (tertiary alicyclic amines) is 1. The Balaban J connectivity index is 0.950. The molecule has 1 fully saturated rings. The first-order valence-corrected chi connectivity index (χ1v) is 15.7. The van der Waals surface area contributed by atoms with E-state index in [1.54, 1.807) is 12.1 Å². The molecule has 4 N–H and O–H groups in total. The molecule has 0 bridgehead atoms. The lowest BCUT2D eigenvalue weighted by Crippen LogP contribution is -2.42. The van der Waals surface area contributed by atoms with Crippen LogP contribution in [0.15, 0.2) is 103 Å². The summed E-state index contributed by atoms with van der Waals surface area (Å²) in [6, 6.07) is 32.7. The van der Waals surface area contributed by atoms with E-state index in [4.69, 9.17) is 4.74 Å². The predicted octanol–water partition coefficient (Wildman–Crippen LogP) is 6.22. The van der Waals surface area contributed by atoms with Crippen molar-refractivity contribution in [3.8, 4) is 16.9 Å². The van der Waals surface area contributed by atoms with Crippen LogP contribution in [0.3, 0.4) is 0 Å². The number of piperidine rings is 1. The number of rotatable bonds is 13. The minimum Gasteiger partial charge on any atom is -0.508 e. The molecule has 2 amide bonds. The summed E-state index contributed by atoms with van der Waals surface area (Å²) in [6.07, 6.45) is 2.92. The van der Waals surface area contributed by atoms with Crippen molar-refractivity contribution in [1.29, 1.82) is 0 Å². The summed E-state index contributed by atoms with van der Waals surface area (Å²) >= 11 is 0. The number of nitrogens with one attached hydrogen (secondary N) is 3. The van der Waals surface area contributed by atoms with Crippen molar-refractivity contribution in [2.24, 2.45) is 0 Å². The first kappa shape index (κ1) is 31.8. The molecule has 8 nitrogen and oxygen atoms in total. The molecule has 0 aliphatic carbocycles. The fourth-order valence-corrected chi connectivity index (χ4v) is 5.52. The molecule has 45 heavy (non-hydrogen) atoms. The number of amides is 2. The van der Waals surface area contributed by atoms with Crippen molar-refractivity contribution in [1.82, 2.24) is 15.5 Å². The summed E-state index contributed by atoms with van der Waals surface area (Å²) in [7, 11) is 0. The number of hydrogen-bond donors (Lipinski definition) is 4. The van der Waals surface area contributed by atoms with Gasteiger partial charge in [0.1, 0.15) is 11.9 Å². The fraction of sp³-hybridized carbons (Fsp3) is 0.297. The lowest BCUT2D eigenvalue weighted by molar-refractivity contribution is 0.0587. The molecule has 1 aliphatic heterocycles. The van der Waals surface area contributed by atoms with Crippen molar-refractivity contribution >= 4 is 17.7 Å². The normalized spacial score (nSPS) is 13.7. The number of phenolic OH excluding ortho intramolecular Hbond substituents is 1. The van der Waals surface area contributed by atoms with Gasteiger partial charge in [0, 0.05) is 43.9 Å². The Hall–Kier alpha value is -4.66. The van der Waals surface area contributed by atoms with Crippen LogP contribution in [0.25, 0.3) is 11.1 Å². The topological polar surface area (TPSA) is 103 Å². The van der Waals surface area contributed by atoms with Gasteiger partial charge < -0.3 is 25.4 Å². The molecule has 5 rings (SSSR count). The zero-order chi connectivity index (χ0) is 31.3. The van der Waals surface area contributed by atoms with E-state index in [1.165, 1.54) is 5.56 Å². The molecule has 8 heteroatoms. The van der Waals surface area contributed by atoms with E-state index in [9.17, 15) is 14.7 Å². The third-order valence-electron chi connectivity index (χ3n) is 8.07. The number of phenols is 1. The summed E-state index contributed by atoms with van der Waals surface area (Å²) in [5.74, 6) is 0.218. The second-order valence-electron chi connectivity index (χ2n) is 11.4. The van der Waals surface area contributed by atoms with Crippen molar-refractivity contribution in [2.75, 3.05) is 38.0 Å². The highest BCUT2D eigenvalue weighted by atomic mass is 16.6. The second kappa shape index (κ2) is 16.4. The number of hydrogen-bond acceptors (Lipinski definition) is 6. The zero-order valence-corrected chi connectivity index (χ0v) is 25.6. The Morgan fingerprint density at radius 3 is 2.24 bits per heavy atom. The number of nitrogens with zero attached hydrogens (tertiary/aromatic N) is 1. The first-order chi connectivity index (χ1) is 22.0. The smallest absolute Gasteiger partial charge is 0.411 e. The second-order valence-corrected chi connectivity index (χ2v) is 11.4. The number of carbonyl (C=O) groups is 2. The molecule has 1 saturated heterocycles. The molecular weight excluding hydrogens is 564 g/mol. The quantitative estimate of drug-likeness (QED) is 0.135. The Labute approximate surface area is 265 Å². The Morgan fingerprint density at radius 1 is 0.800 bits per heavy atom. The van der Waals surface area contributed by atoms with E-state index in [1.807, 2.05) is 91.0 Å². The van der Waals surface area contributed by atoms with E-state index in [0.29, 0.717) is 17.9 Å². The summed E-state index contributed by atoms with van der Waals surface area (Å²) in [5.41, 5.74) is 5.72. The third kappa shape index (κ3) is 9.93. The maximum Gasteiger partial charge on any atom is 0.411 e. The maximum atomic E-state index is 12.7. The third-order valence-corrected chi connectivity index (χ3v) is 8.07. The standard InChI is InChI=1S/C37H42N4O4/c42-32-18-14-28(15-19-32)7-6-22-38-27-29-12-16-31(17-13-29)36(43)39-23-26-41-24-20-33(21-25-41)45-37(44)40-35-11-5-4-10-34(35)30-8-2-1-3-9-30/h1-5,8-19,33,38,42H,6-7,20-27H2,(H,39,43)(H,40,44). The van der Waals surface area contributed by atoms with Crippen molar-refractivity contribution < 1.29 is 19.4 Å². The van der Waals surface area contributed by atoms with Gasteiger partial charge in [-0.05, 0) is 79.3 Å². The molecule has 1 aliphatic rings. The summed E-state index contributed by atoms with van der Waals surface area (Å²) in [6.45, 7) is 4.57. The Bertz CT molecular complexity index is 1500. The molecule has 4 aromatic rings. The fourth-order valence-electron chi connectivity index (χ4n) is 5.52. The molecule has 4 aromatic carbocycles. The molecule has 0 unspecified atom stereocenters. The molecule has 0 aromatic heterocycles. The van der Waals surface area contributed by atoms with Crippen LogP contribution in [0.2, 0.25) is 0 Å². The minimum absolute atomic E-state index is 0.0749. The van der Waals surface area contributed by atoms with Gasteiger partial charge in [-0.25, -0.2) is 4.79 Å². The molecule has 0 saturated carbocycles.